The van der Waals surface area contributed by atoms with Crippen LogP contribution in [0.1, 0.15) is 26.7 Å². The van der Waals surface area contributed by atoms with Gasteiger partial charge in [-0.05, 0) is 33.2 Å². The first-order valence-corrected chi connectivity index (χ1v) is 4.73. The van der Waals surface area contributed by atoms with Crippen molar-refractivity contribution in [2.24, 2.45) is 0 Å². The first kappa shape index (κ1) is 11.7. The van der Waals surface area contributed by atoms with Crippen LogP contribution in [0.25, 0.3) is 0 Å². The molecule has 0 aromatic carbocycles. The van der Waals surface area contributed by atoms with Gasteiger partial charge >= 0.3 is 0 Å². The van der Waals surface area contributed by atoms with E-state index in [2.05, 4.69) is 18.8 Å². The van der Waals surface area contributed by atoms with Gasteiger partial charge in [0.05, 0.1) is 6.61 Å². The first-order valence-electron chi connectivity index (χ1n) is 4.73. The fourth-order valence-electron chi connectivity index (χ4n) is 0.948. The second kappa shape index (κ2) is 8.75. The molecule has 0 heterocycles. The average Bonchev–Trinajstić information content (AvgIpc) is 2.09. The van der Waals surface area contributed by atoms with E-state index in [-0.39, 0.29) is 0 Å². The van der Waals surface area contributed by atoms with Gasteiger partial charge in [-0.2, -0.15) is 0 Å². The standard InChI is InChI=1S/C10H21NO/c1-4-6-7-8-11-10(3)9-12-5-2/h4,10-11H,1,5-9H2,2-3H3. The molecule has 0 aromatic rings. The van der Waals surface area contributed by atoms with Gasteiger partial charge in [0, 0.05) is 12.6 Å². The highest BCUT2D eigenvalue weighted by molar-refractivity contribution is 4.67. The van der Waals surface area contributed by atoms with E-state index in [1.54, 1.807) is 0 Å². The van der Waals surface area contributed by atoms with Gasteiger partial charge in [-0.25, -0.2) is 0 Å². The molecule has 0 fully saturated rings. The minimum absolute atomic E-state index is 0.467. The molecule has 0 rings (SSSR count). The summed E-state index contributed by atoms with van der Waals surface area (Å²) in [5.74, 6) is 0. The number of hydrogen-bond donors (Lipinski definition) is 1. The highest BCUT2D eigenvalue weighted by Gasteiger charge is 1.98. The van der Waals surface area contributed by atoms with Gasteiger partial charge in [0.15, 0.2) is 0 Å². The molecule has 0 spiro atoms. The predicted octanol–water partition coefficient (Wildman–Crippen LogP) is 1.97. The summed E-state index contributed by atoms with van der Waals surface area (Å²) in [6.45, 7) is 10.5. The summed E-state index contributed by atoms with van der Waals surface area (Å²) >= 11 is 0. The van der Waals surface area contributed by atoms with Gasteiger partial charge in [0.1, 0.15) is 0 Å². The minimum atomic E-state index is 0.467. The topological polar surface area (TPSA) is 21.3 Å². The second-order valence-corrected chi connectivity index (χ2v) is 2.95. The highest BCUT2D eigenvalue weighted by atomic mass is 16.5. The van der Waals surface area contributed by atoms with Gasteiger partial charge in [-0.3, -0.25) is 0 Å². The van der Waals surface area contributed by atoms with Crippen LogP contribution in [0.3, 0.4) is 0 Å². The summed E-state index contributed by atoms with van der Waals surface area (Å²) in [5.41, 5.74) is 0. The van der Waals surface area contributed by atoms with Crippen LogP contribution in [0.2, 0.25) is 0 Å². The quantitative estimate of drug-likeness (QED) is 0.445. The number of nitrogens with one attached hydrogen (secondary N) is 1. The number of ether oxygens (including phenoxy) is 1. The Balaban J connectivity index is 3.07. The van der Waals surface area contributed by atoms with E-state index in [1.165, 1.54) is 6.42 Å². The maximum atomic E-state index is 5.27. The number of allylic oxidation sites excluding steroid dienone is 1. The zero-order chi connectivity index (χ0) is 9.23. The summed E-state index contributed by atoms with van der Waals surface area (Å²) < 4.78 is 5.27. The molecular formula is C10H21NO. The maximum Gasteiger partial charge on any atom is 0.0616 e. The Kier molecular flexibility index (Phi) is 8.51. The van der Waals surface area contributed by atoms with Crippen LogP contribution >= 0.6 is 0 Å². The molecule has 0 aliphatic rings. The summed E-state index contributed by atoms with van der Waals surface area (Å²) in [6, 6.07) is 0.467. The van der Waals surface area contributed by atoms with Crippen molar-refractivity contribution in [3.8, 4) is 0 Å². The van der Waals surface area contributed by atoms with E-state index >= 15 is 0 Å². The molecular weight excluding hydrogens is 150 g/mol. The third-order valence-electron chi connectivity index (χ3n) is 1.65. The van der Waals surface area contributed by atoms with E-state index in [1.807, 2.05) is 13.0 Å². The molecule has 0 aromatic heterocycles. The van der Waals surface area contributed by atoms with E-state index in [0.717, 1.165) is 26.2 Å². The van der Waals surface area contributed by atoms with Crippen LogP contribution in [0.4, 0.5) is 0 Å². The summed E-state index contributed by atoms with van der Waals surface area (Å²) in [4.78, 5) is 0. The molecule has 2 nitrogen and oxygen atoms in total. The number of hydrogen-bond acceptors (Lipinski definition) is 2. The molecule has 1 atom stereocenters. The lowest BCUT2D eigenvalue weighted by Gasteiger charge is -2.12. The molecule has 0 bridgehead atoms. The Hall–Kier alpha value is -0.340. The Bertz CT molecular complexity index is 104. The third-order valence-corrected chi connectivity index (χ3v) is 1.65. The zero-order valence-corrected chi connectivity index (χ0v) is 8.31. The molecule has 0 saturated carbocycles. The molecule has 72 valence electrons. The van der Waals surface area contributed by atoms with Gasteiger partial charge in [0.2, 0.25) is 0 Å². The van der Waals surface area contributed by atoms with E-state index < -0.39 is 0 Å². The van der Waals surface area contributed by atoms with Crippen LogP contribution in [-0.2, 0) is 4.74 Å². The summed E-state index contributed by atoms with van der Waals surface area (Å²) in [6.07, 6.45) is 4.21. The van der Waals surface area contributed by atoms with Crippen LogP contribution in [0.5, 0.6) is 0 Å². The molecule has 0 radical (unpaired) electrons. The van der Waals surface area contributed by atoms with Crippen LogP contribution in [-0.4, -0.2) is 25.8 Å². The van der Waals surface area contributed by atoms with Gasteiger partial charge in [-0.1, -0.05) is 6.08 Å². The van der Waals surface area contributed by atoms with Crippen molar-refractivity contribution in [3.05, 3.63) is 12.7 Å². The van der Waals surface area contributed by atoms with Crippen LogP contribution in [0.15, 0.2) is 12.7 Å². The van der Waals surface area contributed by atoms with Crippen LogP contribution < -0.4 is 5.32 Å². The van der Waals surface area contributed by atoms with Crippen molar-refractivity contribution in [3.63, 3.8) is 0 Å². The largest absolute Gasteiger partial charge is 0.380 e. The molecule has 12 heavy (non-hydrogen) atoms. The Labute approximate surface area is 76.0 Å². The summed E-state index contributed by atoms with van der Waals surface area (Å²) in [5, 5.41) is 3.38. The first-order chi connectivity index (χ1) is 5.81. The van der Waals surface area contributed by atoms with Crippen molar-refractivity contribution >= 4 is 0 Å². The van der Waals surface area contributed by atoms with E-state index in [4.69, 9.17) is 4.74 Å². The number of unbranched alkanes of at least 4 members (excludes halogenated alkanes) is 1. The average molecular weight is 171 g/mol. The summed E-state index contributed by atoms with van der Waals surface area (Å²) in [7, 11) is 0. The predicted molar refractivity (Wildman–Crippen MR) is 53.4 cm³/mol. The van der Waals surface area contributed by atoms with Gasteiger partial charge < -0.3 is 10.1 Å². The molecule has 0 amide bonds. The third kappa shape index (κ3) is 7.76. The normalized spacial score (nSPS) is 12.8. The minimum Gasteiger partial charge on any atom is -0.380 e. The van der Waals surface area contributed by atoms with Crippen molar-refractivity contribution in [2.45, 2.75) is 32.7 Å². The lowest BCUT2D eigenvalue weighted by Crippen LogP contribution is -2.31. The maximum absolute atomic E-state index is 5.27. The lowest BCUT2D eigenvalue weighted by atomic mass is 10.3. The molecule has 1 unspecified atom stereocenters. The SMILES string of the molecule is C=CCCCNC(C)COCC. The Morgan fingerprint density at radius 3 is 2.92 bits per heavy atom. The van der Waals surface area contributed by atoms with Crippen molar-refractivity contribution in [2.75, 3.05) is 19.8 Å². The highest BCUT2D eigenvalue weighted by Crippen LogP contribution is 1.89. The van der Waals surface area contributed by atoms with Crippen molar-refractivity contribution in [1.29, 1.82) is 0 Å². The monoisotopic (exact) mass is 171 g/mol. The van der Waals surface area contributed by atoms with Crippen LogP contribution in [0, 0.1) is 0 Å². The zero-order valence-electron chi connectivity index (χ0n) is 8.31. The fraction of sp³-hybridized carbons (Fsp3) is 0.800. The van der Waals surface area contributed by atoms with Gasteiger partial charge in [0.25, 0.3) is 0 Å². The molecule has 0 saturated heterocycles. The van der Waals surface area contributed by atoms with E-state index in [0.29, 0.717) is 6.04 Å². The van der Waals surface area contributed by atoms with Crippen molar-refractivity contribution < 1.29 is 4.74 Å². The molecule has 0 aliphatic carbocycles. The fourth-order valence-corrected chi connectivity index (χ4v) is 0.948. The Morgan fingerprint density at radius 2 is 2.33 bits per heavy atom. The lowest BCUT2D eigenvalue weighted by molar-refractivity contribution is 0.127. The number of rotatable bonds is 8. The molecule has 1 N–H and O–H groups in total. The Morgan fingerprint density at radius 1 is 1.58 bits per heavy atom. The molecule has 0 aliphatic heterocycles. The smallest absolute Gasteiger partial charge is 0.0616 e. The van der Waals surface area contributed by atoms with E-state index in [9.17, 15) is 0 Å². The van der Waals surface area contributed by atoms with Gasteiger partial charge in [-0.15, -0.1) is 6.58 Å². The van der Waals surface area contributed by atoms with Crippen molar-refractivity contribution in [1.82, 2.24) is 5.32 Å². The molecule has 2 heteroatoms. The second-order valence-electron chi connectivity index (χ2n) is 2.95.